The van der Waals surface area contributed by atoms with E-state index in [1.165, 1.54) is 0 Å². The lowest BCUT2D eigenvalue weighted by Gasteiger charge is -2.12. The highest BCUT2D eigenvalue weighted by molar-refractivity contribution is 6.01. The first kappa shape index (κ1) is 33.1. The van der Waals surface area contributed by atoms with Crippen molar-refractivity contribution in [1.29, 1.82) is 0 Å². The van der Waals surface area contributed by atoms with E-state index in [9.17, 15) is 24.8 Å². The average molecular weight is 680 g/mol. The molecule has 0 saturated carbocycles. The summed E-state index contributed by atoms with van der Waals surface area (Å²) in [6, 6.07) is 27.2. The number of carboxylic acid groups (broad SMARTS) is 1. The molecule has 0 amide bonds. The number of carbonyl (C=O) groups excluding carboxylic acids is 1. The Labute approximate surface area is 283 Å². The number of para-hydroxylation sites is 1. The van der Waals surface area contributed by atoms with Crippen molar-refractivity contribution in [2.45, 2.75) is 33.4 Å². The third kappa shape index (κ3) is 7.65. The number of rotatable bonds is 14. The lowest BCUT2D eigenvalue weighted by molar-refractivity contribution is -0.763. The van der Waals surface area contributed by atoms with Gasteiger partial charge >= 0.3 is 12.1 Å². The number of ether oxygens (including phenoxy) is 3. The summed E-state index contributed by atoms with van der Waals surface area (Å²) in [7, 11) is 0. The molecule has 0 bridgehead atoms. The van der Waals surface area contributed by atoms with Crippen molar-refractivity contribution in [2.75, 3.05) is 6.61 Å². The van der Waals surface area contributed by atoms with Crippen LogP contribution in [0.25, 0.3) is 33.5 Å². The van der Waals surface area contributed by atoms with Crippen LogP contribution in [-0.4, -0.2) is 58.7 Å². The Hall–Kier alpha value is -6.84. The zero-order valence-corrected chi connectivity index (χ0v) is 26.5. The van der Waals surface area contributed by atoms with Crippen LogP contribution in [0.2, 0.25) is 0 Å². The number of hydrogen-bond donors (Lipinski definition) is 1. The molecular formula is C34H29N7O9. The minimum absolute atomic E-state index is 0.0760. The summed E-state index contributed by atoms with van der Waals surface area (Å²) in [6.07, 6.45) is -0.943. The van der Waals surface area contributed by atoms with E-state index in [1.807, 2.05) is 55.5 Å². The molecule has 0 aliphatic rings. The minimum Gasteiger partial charge on any atom is -0.478 e. The third-order valence-corrected chi connectivity index (χ3v) is 7.48. The van der Waals surface area contributed by atoms with E-state index in [2.05, 4.69) is 25.2 Å². The van der Waals surface area contributed by atoms with Gasteiger partial charge < -0.3 is 24.2 Å². The highest BCUT2D eigenvalue weighted by Crippen LogP contribution is 2.31. The summed E-state index contributed by atoms with van der Waals surface area (Å²) in [6.45, 7) is 1.96. The number of carboxylic acids is 1. The van der Waals surface area contributed by atoms with Crippen LogP contribution in [0.3, 0.4) is 0 Å². The van der Waals surface area contributed by atoms with Gasteiger partial charge in [-0.3, -0.25) is 4.57 Å². The molecule has 0 saturated heterocycles. The summed E-state index contributed by atoms with van der Waals surface area (Å²) in [5.41, 5.74) is 5.72. The molecule has 16 heteroatoms. The second kappa shape index (κ2) is 14.9. The van der Waals surface area contributed by atoms with E-state index in [4.69, 9.17) is 14.2 Å². The fourth-order valence-corrected chi connectivity index (χ4v) is 5.18. The SMILES string of the molecule is CCOc1nc2cccc(C(=O)O)c2n1Cc1ccc(-c2ccccc2-c2nnn(COC(=O)OCc3ccc(CO[N+](=O)[O-])cc3)n2)cc1. The molecule has 2 heterocycles. The van der Waals surface area contributed by atoms with Gasteiger partial charge in [0.2, 0.25) is 12.6 Å². The Morgan fingerprint density at radius 3 is 2.26 bits per heavy atom. The topological polar surface area (TPSA) is 196 Å². The molecule has 4 aromatic carbocycles. The summed E-state index contributed by atoms with van der Waals surface area (Å²) in [4.78, 5) is 44.4. The molecule has 6 rings (SSSR count). The van der Waals surface area contributed by atoms with Gasteiger partial charge in [-0.1, -0.05) is 78.9 Å². The first-order chi connectivity index (χ1) is 24.3. The van der Waals surface area contributed by atoms with Gasteiger partial charge in [-0.25, -0.2) is 9.59 Å². The number of carbonyl (C=O) groups is 2. The number of nitrogens with zero attached hydrogens (tertiary/aromatic N) is 7. The normalized spacial score (nSPS) is 10.9. The fraction of sp³-hybridized carbons (Fsp3) is 0.176. The molecule has 0 aliphatic carbocycles. The monoisotopic (exact) mass is 679 g/mol. The van der Waals surface area contributed by atoms with Gasteiger partial charge in [0.15, 0.2) is 0 Å². The fourth-order valence-electron chi connectivity index (χ4n) is 5.18. The Balaban J connectivity index is 1.10. The molecule has 6 aromatic rings. The number of fused-ring (bicyclic) bond motifs is 1. The molecule has 0 radical (unpaired) electrons. The highest BCUT2D eigenvalue weighted by atomic mass is 16.9. The van der Waals surface area contributed by atoms with E-state index in [-0.39, 0.29) is 25.5 Å². The van der Waals surface area contributed by atoms with Crippen LogP contribution in [0, 0.1) is 10.1 Å². The number of hydrogen-bond acceptors (Lipinski definition) is 12. The molecule has 0 fully saturated rings. The van der Waals surface area contributed by atoms with Gasteiger partial charge in [0.05, 0.1) is 29.7 Å². The highest BCUT2D eigenvalue weighted by Gasteiger charge is 2.19. The quantitative estimate of drug-likeness (QED) is 0.0859. The first-order valence-corrected chi connectivity index (χ1v) is 15.3. The molecule has 50 heavy (non-hydrogen) atoms. The van der Waals surface area contributed by atoms with Crippen molar-refractivity contribution in [3.63, 3.8) is 0 Å². The van der Waals surface area contributed by atoms with Crippen LogP contribution in [0.4, 0.5) is 4.79 Å². The van der Waals surface area contributed by atoms with Gasteiger partial charge in [-0.05, 0) is 52.1 Å². The Bertz CT molecular complexity index is 2150. The van der Waals surface area contributed by atoms with E-state index in [0.717, 1.165) is 21.5 Å². The largest absolute Gasteiger partial charge is 0.510 e. The first-order valence-electron chi connectivity index (χ1n) is 15.3. The maximum absolute atomic E-state index is 12.2. The third-order valence-electron chi connectivity index (χ3n) is 7.48. The van der Waals surface area contributed by atoms with Crippen LogP contribution in [0.15, 0.2) is 91.0 Å². The summed E-state index contributed by atoms with van der Waals surface area (Å²) < 4.78 is 17.8. The smallest absolute Gasteiger partial charge is 0.478 e. The van der Waals surface area contributed by atoms with Gasteiger partial charge in [0.1, 0.15) is 13.2 Å². The van der Waals surface area contributed by atoms with Crippen LogP contribution in [0.1, 0.15) is 34.0 Å². The maximum atomic E-state index is 12.2. The van der Waals surface area contributed by atoms with Crippen molar-refractivity contribution in [3.8, 4) is 28.5 Å². The minimum atomic E-state index is -1.05. The molecule has 16 nitrogen and oxygen atoms in total. The van der Waals surface area contributed by atoms with Crippen LogP contribution in [-0.2, 0) is 40.8 Å². The second-order valence-corrected chi connectivity index (χ2v) is 10.7. The van der Waals surface area contributed by atoms with E-state index < -0.39 is 17.2 Å². The number of aromatic nitrogens is 6. The predicted molar refractivity (Wildman–Crippen MR) is 175 cm³/mol. The molecule has 0 unspecified atom stereocenters. The van der Waals surface area contributed by atoms with E-state index in [1.54, 1.807) is 47.0 Å². The summed E-state index contributed by atoms with van der Waals surface area (Å²) in [5.74, 6) is -0.733. The van der Waals surface area contributed by atoms with E-state index >= 15 is 0 Å². The number of tetrazole rings is 1. The standard InChI is InChI=1S/C34H29N7O9/c1-2-47-33-35-29-9-5-8-28(32(42)43)30(29)39(33)18-22-14-16-25(17-15-22)26-6-3-4-7-27(26)31-36-38-40(37-31)21-49-34(44)48-19-23-10-12-24(13-11-23)20-50-41(45)46/h3-17H,2,18-21H2,1H3,(H,42,43). The number of aromatic carboxylic acids is 1. The van der Waals surface area contributed by atoms with Crippen molar-refractivity contribution in [1.82, 2.24) is 29.8 Å². The van der Waals surface area contributed by atoms with Crippen LogP contribution < -0.4 is 4.74 Å². The predicted octanol–water partition coefficient (Wildman–Crippen LogP) is 5.52. The Morgan fingerprint density at radius 2 is 1.56 bits per heavy atom. The van der Waals surface area contributed by atoms with Gasteiger partial charge in [0, 0.05) is 5.56 Å². The average Bonchev–Trinajstić information content (AvgIpc) is 3.74. The molecular weight excluding hydrogens is 650 g/mol. The second-order valence-electron chi connectivity index (χ2n) is 10.7. The number of benzene rings is 4. The van der Waals surface area contributed by atoms with Crippen LogP contribution in [0.5, 0.6) is 6.01 Å². The summed E-state index contributed by atoms with van der Waals surface area (Å²) in [5, 5.41) is 31.8. The van der Waals surface area contributed by atoms with Crippen molar-refractivity contribution < 1.29 is 38.8 Å². The molecule has 2 aromatic heterocycles. The van der Waals surface area contributed by atoms with Crippen molar-refractivity contribution in [2.24, 2.45) is 0 Å². The van der Waals surface area contributed by atoms with Gasteiger partial charge in [-0.2, -0.15) is 4.98 Å². The molecule has 254 valence electrons. The Kier molecular flexibility index (Phi) is 9.88. The lowest BCUT2D eigenvalue weighted by Crippen LogP contribution is -2.13. The molecule has 0 aliphatic heterocycles. The number of imidazole rings is 1. The van der Waals surface area contributed by atoms with Crippen molar-refractivity contribution >= 4 is 23.2 Å². The van der Waals surface area contributed by atoms with Gasteiger partial charge in [-0.15, -0.1) is 25.1 Å². The molecule has 0 atom stereocenters. The Morgan fingerprint density at radius 1 is 0.860 bits per heavy atom. The van der Waals surface area contributed by atoms with E-state index in [0.29, 0.717) is 52.7 Å². The lowest BCUT2D eigenvalue weighted by atomic mass is 9.98. The van der Waals surface area contributed by atoms with Crippen molar-refractivity contribution in [3.05, 3.63) is 123 Å². The molecule has 1 N–H and O–H groups in total. The summed E-state index contributed by atoms with van der Waals surface area (Å²) >= 11 is 0. The maximum Gasteiger partial charge on any atom is 0.510 e. The zero-order chi connectivity index (χ0) is 35.0. The van der Waals surface area contributed by atoms with Crippen LogP contribution >= 0.6 is 0 Å². The van der Waals surface area contributed by atoms with Gasteiger partial charge in [0.25, 0.3) is 11.1 Å². The zero-order valence-electron chi connectivity index (χ0n) is 26.5. The molecule has 0 spiro atoms.